The maximum absolute atomic E-state index is 15.4. The van der Waals surface area contributed by atoms with Crippen molar-refractivity contribution in [2.24, 2.45) is 0 Å². The molecule has 0 radical (unpaired) electrons. The van der Waals surface area contributed by atoms with Gasteiger partial charge in [-0.1, -0.05) is 15.9 Å². The van der Waals surface area contributed by atoms with Gasteiger partial charge in [0, 0.05) is 39.6 Å². The summed E-state index contributed by atoms with van der Waals surface area (Å²) in [6.45, 7) is 4.69. The number of carboxylic acid groups (broad SMARTS) is 1. The highest BCUT2D eigenvalue weighted by Gasteiger charge is 2.42. The Morgan fingerprint density at radius 2 is 1.94 bits per heavy atom. The number of hydrogen-bond donors (Lipinski definition) is 1. The van der Waals surface area contributed by atoms with E-state index in [1.165, 1.54) is 13.8 Å². The molecule has 1 aliphatic heterocycles. The first-order valence-corrected chi connectivity index (χ1v) is 11.3. The highest BCUT2D eigenvalue weighted by molar-refractivity contribution is 9.10. The van der Waals surface area contributed by atoms with Crippen molar-refractivity contribution in [2.75, 3.05) is 6.54 Å². The second-order valence-corrected chi connectivity index (χ2v) is 9.92. The Morgan fingerprint density at radius 3 is 2.55 bits per heavy atom. The lowest BCUT2D eigenvalue weighted by Gasteiger charge is -2.42. The molecule has 0 fully saturated rings. The van der Waals surface area contributed by atoms with Gasteiger partial charge >= 0.3 is 5.97 Å². The molecule has 4 rings (SSSR count). The fourth-order valence-electron chi connectivity index (χ4n) is 4.50. The number of nitrogens with zero attached hydrogens (tertiary/aromatic N) is 1. The minimum Gasteiger partial charge on any atom is -0.478 e. The normalized spacial score (nSPS) is 19.4. The van der Waals surface area contributed by atoms with Crippen molar-refractivity contribution < 1.29 is 27.5 Å². The molecule has 1 N–H and O–H groups in total. The number of halogens is 4. The number of aliphatic carboxylic acids is 1. The van der Waals surface area contributed by atoms with Gasteiger partial charge < -0.3 is 9.52 Å². The van der Waals surface area contributed by atoms with Crippen molar-refractivity contribution >= 4 is 38.9 Å². The molecule has 2 heterocycles. The minimum absolute atomic E-state index is 0.0570. The maximum atomic E-state index is 15.4. The Hall–Kier alpha value is -2.58. The van der Waals surface area contributed by atoms with E-state index in [9.17, 15) is 9.18 Å². The van der Waals surface area contributed by atoms with Crippen molar-refractivity contribution in [1.82, 2.24) is 4.90 Å². The predicted octanol–water partition coefficient (Wildman–Crippen LogP) is 6.66. The van der Waals surface area contributed by atoms with Crippen LogP contribution in [-0.2, 0) is 11.2 Å². The van der Waals surface area contributed by atoms with Crippen molar-refractivity contribution in [3.05, 3.63) is 75.0 Å². The van der Waals surface area contributed by atoms with Crippen molar-refractivity contribution in [1.29, 1.82) is 0 Å². The van der Waals surface area contributed by atoms with E-state index < -0.39 is 29.3 Å². The van der Waals surface area contributed by atoms with Crippen LogP contribution in [0.25, 0.3) is 17.0 Å². The first kappa shape index (κ1) is 23.6. The molecule has 4 nitrogen and oxygen atoms in total. The summed E-state index contributed by atoms with van der Waals surface area (Å²) in [7, 11) is 0. The molecule has 0 bridgehead atoms. The molecular weight excluding hydrogens is 499 g/mol. The van der Waals surface area contributed by atoms with Gasteiger partial charge in [-0.05, 0) is 69.2 Å². The molecule has 3 aromatic rings. The summed E-state index contributed by atoms with van der Waals surface area (Å²) in [4.78, 5) is 12.5. The fraction of sp³-hybridized carbons (Fsp3) is 0.320. The third-order valence-electron chi connectivity index (χ3n) is 5.78. The van der Waals surface area contributed by atoms with E-state index in [0.29, 0.717) is 17.8 Å². The summed E-state index contributed by atoms with van der Waals surface area (Å²) in [5, 5.41) is 9.65. The third kappa shape index (κ3) is 4.73. The maximum Gasteiger partial charge on any atom is 0.328 e. The highest BCUT2D eigenvalue weighted by atomic mass is 79.9. The molecular formula is C25H23BrF3NO3. The Balaban J connectivity index is 1.93. The molecule has 174 valence electrons. The Morgan fingerprint density at radius 1 is 1.27 bits per heavy atom. The standard InChI is InChI=1S/C25H23BrF3NO3/c1-13-8-17-16-11-15(26)5-6-20(16)33-24(17)23(30(13)12-25(2,3)29)22-18(27)9-14(10-19(22)28)4-7-21(31)32/h4-7,9-11,13,23H,8,12H2,1-3H3,(H,31,32)/b7-4+. The van der Waals surface area contributed by atoms with E-state index in [1.54, 1.807) is 11.0 Å². The second-order valence-electron chi connectivity index (χ2n) is 9.00. The van der Waals surface area contributed by atoms with Crippen LogP contribution in [-0.4, -0.2) is 34.2 Å². The van der Waals surface area contributed by atoms with Gasteiger partial charge in [0.2, 0.25) is 0 Å². The van der Waals surface area contributed by atoms with Crippen molar-refractivity contribution in [3.8, 4) is 0 Å². The fourth-order valence-corrected chi connectivity index (χ4v) is 4.86. The molecule has 0 amide bonds. The van der Waals surface area contributed by atoms with Gasteiger partial charge in [0.1, 0.15) is 34.7 Å². The van der Waals surface area contributed by atoms with Crippen LogP contribution in [0.15, 0.2) is 45.3 Å². The number of carbonyl (C=O) groups is 1. The summed E-state index contributed by atoms with van der Waals surface area (Å²) < 4.78 is 52.5. The van der Waals surface area contributed by atoms with Crippen LogP contribution in [0.1, 0.15) is 49.3 Å². The lowest BCUT2D eigenvalue weighted by molar-refractivity contribution is -0.131. The Labute approximate surface area is 197 Å². The number of carboxylic acids is 1. The van der Waals surface area contributed by atoms with Gasteiger partial charge in [-0.2, -0.15) is 0 Å². The lowest BCUT2D eigenvalue weighted by atomic mass is 9.87. The first-order chi connectivity index (χ1) is 15.4. The topological polar surface area (TPSA) is 53.7 Å². The minimum atomic E-state index is -1.61. The Bertz CT molecular complexity index is 1240. The number of benzene rings is 2. The number of hydrogen-bond acceptors (Lipinski definition) is 3. The van der Waals surface area contributed by atoms with Gasteiger partial charge in [0.15, 0.2) is 0 Å². The van der Waals surface area contributed by atoms with E-state index in [4.69, 9.17) is 9.52 Å². The van der Waals surface area contributed by atoms with E-state index >= 15 is 8.78 Å². The smallest absolute Gasteiger partial charge is 0.328 e. The van der Waals surface area contributed by atoms with E-state index in [1.807, 2.05) is 19.1 Å². The zero-order chi connectivity index (χ0) is 24.1. The largest absolute Gasteiger partial charge is 0.478 e. The summed E-state index contributed by atoms with van der Waals surface area (Å²) in [6, 6.07) is 6.47. The Kier molecular flexibility index (Phi) is 6.18. The highest BCUT2D eigenvalue weighted by Crippen LogP contribution is 2.45. The van der Waals surface area contributed by atoms with Gasteiger partial charge in [-0.3, -0.25) is 4.90 Å². The van der Waals surface area contributed by atoms with E-state index in [-0.39, 0.29) is 23.7 Å². The van der Waals surface area contributed by atoms with Gasteiger partial charge in [0.05, 0.1) is 0 Å². The van der Waals surface area contributed by atoms with Crippen LogP contribution in [0.2, 0.25) is 0 Å². The molecule has 0 aliphatic carbocycles. The molecule has 2 unspecified atom stereocenters. The number of alkyl halides is 1. The van der Waals surface area contributed by atoms with Crippen molar-refractivity contribution in [3.63, 3.8) is 0 Å². The van der Waals surface area contributed by atoms with Gasteiger partial charge in [-0.15, -0.1) is 0 Å². The summed E-state index contributed by atoms with van der Waals surface area (Å²) >= 11 is 3.46. The van der Waals surface area contributed by atoms with Crippen LogP contribution in [0.3, 0.4) is 0 Å². The van der Waals surface area contributed by atoms with Crippen LogP contribution < -0.4 is 0 Å². The quantitative estimate of drug-likeness (QED) is 0.381. The third-order valence-corrected chi connectivity index (χ3v) is 6.27. The van der Waals surface area contributed by atoms with Crippen LogP contribution in [0.5, 0.6) is 0 Å². The van der Waals surface area contributed by atoms with Crippen LogP contribution in [0, 0.1) is 11.6 Å². The first-order valence-electron chi connectivity index (χ1n) is 10.5. The van der Waals surface area contributed by atoms with E-state index in [2.05, 4.69) is 15.9 Å². The van der Waals surface area contributed by atoms with Gasteiger partial charge in [-0.25, -0.2) is 18.0 Å². The second kappa shape index (κ2) is 8.65. The molecule has 0 saturated carbocycles. The monoisotopic (exact) mass is 521 g/mol. The van der Waals surface area contributed by atoms with Gasteiger partial charge in [0.25, 0.3) is 0 Å². The molecule has 1 aromatic heterocycles. The average molecular weight is 522 g/mol. The zero-order valence-corrected chi connectivity index (χ0v) is 19.9. The summed E-state index contributed by atoms with van der Waals surface area (Å²) in [5.41, 5.74) is -0.367. The van der Waals surface area contributed by atoms with Crippen LogP contribution >= 0.6 is 15.9 Å². The lowest BCUT2D eigenvalue weighted by Crippen LogP contribution is -2.48. The molecule has 2 atom stereocenters. The van der Waals surface area contributed by atoms with E-state index in [0.717, 1.165) is 39.7 Å². The summed E-state index contributed by atoms with van der Waals surface area (Å²) in [6.07, 6.45) is 2.46. The molecule has 0 spiro atoms. The zero-order valence-electron chi connectivity index (χ0n) is 18.3. The number of fused-ring (bicyclic) bond motifs is 3. The molecule has 2 aromatic carbocycles. The number of furan rings is 1. The summed E-state index contributed by atoms with van der Waals surface area (Å²) in [5.74, 6) is -2.55. The molecule has 0 saturated heterocycles. The molecule has 33 heavy (non-hydrogen) atoms. The SMILES string of the molecule is CC1Cc2c(oc3ccc(Br)cc23)C(c2c(F)cc(/C=C/C(=O)O)cc2F)N1CC(C)(C)F. The predicted molar refractivity (Wildman–Crippen MR) is 124 cm³/mol. The van der Waals surface area contributed by atoms with Crippen LogP contribution in [0.4, 0.5) is 13.2 Å². The number of rotatable bonds is 5. The average Bonchev–Trinajstić information content (AvgIpc) is 3.04. The molecule has 1 aliphatic rings. The molecule has 8 heteroatoms. The van der Waals surface area contributed by atoms with Crippen molar-refractivity contribution in [2.45, 2.75) is 44.9 Å².